The minimum Gasteiger partial charge on any atom is -0.480 e. The van der Waals surface area contributed by atoms with E-state index in [0.717, 1.165) is 18.6 Å². The van der Waals surface area contributed by atoms with Gasteiger partial charge in [0.15, 0.2) is 0 Å². The van der Waals surface area contributed by atoms with Crippen molar-refractivity contribution in [2.45, 2.75) is 58.2 Å². The topological polar surface area (TPSA) is 126 Å². The summed E-state index contributed by atoms with van der Waals surface area (Å²) in [6.07, 6.45) is -2.84. The second-order valence-corrected chi connectivity index (χ2v) is 8.37. The molecule has 1 rings (SSSR count). The number of carbonyl (C=O) groups is 3. The summed E-state index contributed by atoms with van der Waals surface area (Å²) in [4.78, 5) is 40.2. The van der Waals surface area contributed by atoms with E-state index in [-0.39, 0.29) is 31.9 Å². The molecule has 1 aromatic carbocycles. The van der Waals surface area contributed by atoms with Crippen LogP contribution in [-0.2, 0) is 30.1 Å². The number of nitrogens with zero attached hydrogens (tertiary/aromatic N) is 1. The van der Waals surface area contributed by atoms with Crippen LogP contribution in [0.15, 0.2) is 29.4 Å². The van der Waals surface area contributed by atoms with Crippen LogP contribution in [0.25, 0.3) is 0 Å². The third-order valence-corrected chi connectivity index (χ3v) is 5.08. The molecule has 0 aliphatic heterocycles. The lowest BCUT2D eigenvalue weighted by Gasteiger charge is -2.17. The van der Waals surface area contributed by atoms with E-state index in [1.54, 1.807) is 21.0 Å². The number of ether oxygens (including phenoxy) is 1. The molecular weight excluding hydrogens is 483 g/mol. The molecular formula is C24H34F3N3O6. The lowest BCUT2D eigenvalue weighted by molar-refractivity contribution is -0.143. The maximum Gasteiger partial charge on any atom is 0.416 e. The van der Waals surface area contributed by atoms with E-state index in [0.29, 0.717) is 30.7 Å². The van der Waals surface area contributed by atoms with E-state index in [1.807, 2.05) is 0 Å². The second-order valence-electron chi connectivity index (χ2n) is 8.37. The molecule has 202 valence electrons. The Labute approximate surface area is 208 Å². The van der Waals surface area contributed by atoms with E-state index < -0.39 is 35.6 Å². The van der Waals surface area contributed by atoms with Gasteiger partial charge in [0.1, 0.15) is 12.6 Å². The van der Waals surface area contributed by atoms with E-state index in [1.165, 1.54) is 12.1 Å². The molecule has 0 fully saturated rings. The molecule has 1 atom stereocenters. The number of hydrogen-bond acceptors (Lipinski definition) is 6. The zero-order chi connectivity index (χ0) is 27.1. The van der Waals surface area contributed by atoms with Gasteiger partial charge in [0.05, 0.1) is 17.8 Å². The Balaban J connectivity index is 2.53. The predicted octanol–water partition coefficient (Wildman–Crippen LogP) is 3.36. The summed E-state index contributed by atoms with van der Waals surface area (Å²) in [5.74, 6) is -2.40. The maximum absolute atomic E-state index is 12.8. The summed E-state index contributed by atoms with van der Waals surface area (Å²) in [6.45, 7) is 3.97. The normalized spacial score (nSPS) is 12.8. The first-order valence-corrected chi connectivity index (χ1v) is 11.6. The van der Waals surface area contributed by atoms with E-state index in [4.69, 9.17) is 14.7 Å². The molecule has 0 radical (unpaired) electrons. The van der Waals surface area contributed by atoms with Gasteiger partial charge in [-0.3, -0.25) is 9.59 Å². The Hall–Kier alpha value is -3.15. The Morgan fingerprint density at radius 3 is 2.19 bits per heavy atom. The number of halogens is 3. The number of unbranched alkanes of at least 4 members (excludes halogenated alkanes) is 1. The van der Waals surface area contributed by atoms with E-state index in [2.05, 4.69) is 15.8 Å². The molecule has 0 saturated heterocycles. The molecule has 0 spiro atoms. The number of carbonyl (C=O) groups excluding carboxylic acids is 2. The van der Waals surface area contributed by atoms with Crippen molar-refractivity contribution in [1.29, 1.82) is 0 Å². The summed E-state index contributed by atoms with van der Waals surface area (Å²) in [6, 6.07) is 3.61. The van der Waals surface area contributed by atoms with Gasteiger partial charge in [-0.25, -0.2) is 4.79 Å². The quantitative estimate of drug-likeness (QED) is 0.175. The highest BCUT2D eigenvalue weighted by atomic mass is 19.4. The van der Waals surface area contributed by atoms with Crippen LogP contribution in [0.2, 0.25) is 0 Å². The highest BCUT2D eigenvalue weighted by molar-refractivity contribution is 6.00. The lowest BCUT2D eigenvalue weighted by atomic mass is 10.0. The number of aliphatic carboxylic acids is 1. The first-order chi connectivity index (χ1) is 17.0. The van der Waals surface area contributed by atoms with Crippen LogP contribution in [0, 0.1) is 5.92 Å². The van der Waals surface area contributed by atoms with Crippen LogP contribution in [0.5, 0.6) is 0 Å². The van der Waals surface area contributed by atoms with Gasteiger partial charge in [0.25, 0.3) is 0 Å². The van der Waals surface area contributed by atoms with Gasteiger partial charge in [0, 0.05) is 26.6 Å². The number of hydrogen-bond donors (Lipinski definition) is 3. The summed E-state index contributed by atoms with van der Waals surface area (Å²) in [7, 11) is 1.58. The van der Waals surface area contributed by atoms with Crippen molar-refractivity contribution in [2.24, 2.45) is 11.1 Å². The molecule has 0 bridgehead atoms. The number of alkyl halides is 3. The third-order valence-electron chi connectivity index (χ3n) is 5.08. The summed E-state index contributed by atoms with van der Waals surface area (Å²) in [5.41, 5.74) is 0.211. The molecule has 12 heteroatoms. The van der Waals surface area contributed by atoms with Crippen LogP contribution in [0.3, 0.4) is 0 Å². The number of benzene rings is 1. The Morgan fingerprint density at radius 2 is 1.64 bits per heavy atom. The number of oxime groups is 1. The van der Waals surface area contributed by atoms with Crippen molar-refractivity contribution in [1.82, 2.24) is 10.6 Å². The van der Waals surface area contributed by atoms with Crippen molar-refractivity contribution in [2.75, 3.05) is 26.9 Å². The molecule has 0 unspecified atom stereocenters. The minimum absolute atomic E-state index is 0.00851. The fraction of sp³-hybridized carbons (Fsp3) is 0.583. The van der Waals surface area contributed by atoms with Gasteiger partial charge >= 0.3 is 12.1 Å². The van der Waals surface area contributed by atoms with Crippen LogP contribution in [-0.4, -0.2) is 61.5 Å². The second kappa shape index (κ2) is 15.8. The fourth-order valence-corrected chi connectivity index (χ4v) is 3.07. The first kappa shape index (κ1) is 30.9. The minimum atomic E-state index is -4.43. The number of amides is 2. The number of nitrogens with one attached hydrogen (secondary N) is 2. The molecule has 0 aromatic heterocycles. The van der Waals surface area contributed by atoms with Crippen LogP contribution in [0.1, 0.15) is 57.1 Å². The van der Waals surface area contributed by atoms with Crippen molar-refractivity contribution in [3.63, 3.8) is 0 Å². The molecule has 0 saturated carbocycles. The van der Waals surface area contributed by atoms with Crippen molar-refractivity contribution in [3.8, 4) is 0 Å². The predicted molar refractivity (Wildman–Crippen MR) is 126 cm³/mol. The monoisotopic (exact) mass is 517 g/mol. The van der Waals surface area contributed by atoms with E-state index in [9.17, 15) is 27.6 Å². The maximum atomic E-state index is 12.8. The fourth-order valence-electron chi connectivity index (χ4n) is 3.07. The van der Waals surface area contributed by atoms with Crippen molar-refractivity contribution >= 4 is 23.5 Å². The van der Waals surface area contributed by atoms with Gasteiger partial charge in [-0.15, -0.1) is 0 Å². The largest absolute Gasteiger partial charge is 0.480 e. The molecule has 0 aliphatic rings. The summed E-state index contributed by atoms with van der Waals surface area (Å²) >= 11 is 0. The number of carboxylic acids is 1. The first-order valence-electron chi connectivity index (χ1n) is 11.6. The van der Waals surface area contributed by atoms with E-state index >= 15 is 0 Å². The van der Waals surface area contributed by atoms with Crippen LogP contribution >= 0.6 is 0 Å². The SMILES string of the molecule is COCCCC/C(=N/OCCNC(=O)CCC(=O)N[C@H](C(=O)O)C(C)C)c1ccc(C(F)(F)F)cc1. The smallest absolute Gasteiger partial charge is 0.416 e. The van der Waals surface area contributed by atoms with Gasteiger partial charge in [0.2, 0.25) is 11.8 Å². The molecule has 3 N–H and O–H groups in total. The van der Waals surface area contributed by atoms with Gasteiger partial charge in [-0.2, -0.15) is 13.2 Å². The highest BCUT2D eigenvalue weighted by Crippen LogP contribution is 2.29. The third kappa shape index (κ3) is 12.0. The van der Waals surface area contributed by atoms with Crippen molar-refractivity contribution in [3.05, 3.63) is 35.4 Å². The summed E-state index contributed by atoms with van der Waals surface area (Å²) in [5, 5.41) is 18.1. The molecule has 36 heavy (non-hydrogen) atoms. The van der Waals surface area contributed by atoms with Gasteiger partial charge in [-0.1, -0.05) is 31.1 Å². The standard InChI is InChI=1S/C24H34F3N3O6/c1-16(2)22(23(33)34)29-21(32)12-11-20(31)28-13-15-36-30-19(6-4-5-14-35-3)17-7-9-18(10-8-17)24(25,26)27/h7-10,16,22H,4-6,11-15H2,1-3H3,(H,28,31)(H,29,32)(H,33,34)/b30-19-/t22-/m0/s1. The molecule has 2 amide bonds. The Bertz CT molecular complexity index is 873. The van der Waals surface area contributed by atoms with Crippen LogP contribution in [0.4, 0.5) is 13.2 Å². The number of methoxy groups -OCH3 is 1. The van der Waals surface area contributed by atoms with Gasteiger partial charge in [-0.05, 0) is 42.9 Å². The van der Waals surface area contributed by atoms with Gasteiger partial charge < -0.3 is 25.3 Å². The molecule has 9 nitrogen and oxygen atoms in total. The lowest BCUT2D eigenvalue weighted by Crippen LogP contribution is -2.44. The average Bonchev–Trinajstić information content (AvgIpc) is 2.81. The molecule has 0 aliphatic carbocycles. The highest BCUT2D eigenvalue weighted by Gasteiger charge is 2.30. The number of carboxylic acid groups (broad SMARTS) is 1. The number of rotatable bonds is 16. The Morgan fingerprint density at radius 1 is 1.00 bits per heavy atom. The zero-order valence-corrected chi connectivity index (χ0v) is 20.7. The van der Waals surface area contributed by atoms with Crippen LogP contribution < -0.4 is 10.6 Å². The molecule has 1 aromatic rings. The molecule has 0 heterocycles. The summed E-state index contributed by atoms with van der Waals surface area (Å²) < 4.78 is 43.5. The van der Waals surface area contributed by atoms with Crippen molar-refractivity contribution < 1.29 is 42.2 Å². The average molecular weight is 518 g/mol. The Kier molecular flexibility index (Phi) is 13.5. The zero-order valence-electron chi connectivity index (χ0n) is 20.7.